The van der Waals surface area contributed by atoms with E-state index in [0.29, 0.717) is 18.7 Å². The Morgan fingerprint density at radius 3 is 2.46 bits per heavy atom. The van der Waals surface area contributed by atoms with E-state index < -0.39 is 32.2 Å². The van der Waals surface area contributed by atoms with Crippen molar-refractivity contribution >= 4 is 21.6 Å². The summed E-state index contributed by atoms with van der Waals surface area (Å²) in [7, 11) is -4.40. The van der Waals surface area contributed by atoms with Crippen LogP contribution >= 0.6 is 0 Å². The molecule has 2 saturated heterocycles. The number of alkyl halides is 3. The number of nitrogens with zero attached hydrogens (tertiary/aromatic N) is 3. The minimum absolute atomic E-state index is 0.0988. The molecule has 2 atom stereocenters. The Morgan fingerprint density at radius 1 is 1.05 bits per heavy atom. The van der Waals surface area contributed by atoms with Gasteiger partial charge in [0.25, 0.3) is 15.6 Å². The van der Waals surface area contributed by atoms with Crippen LogP contribution in [-0.4, -0.2) is 60.9 Å². The Morgan fingerprint density at radius 2 is 1.78 bits per heavy atom. The van der Waals surface area contributed by atoms with Crippen LogP contribution in [0, 0.1) is 5.92 Å². The fraction of sp³-hybridized carbons (Fsp3) is 0.520. The maximum Gasteiger partial charge on any atom is 0.416 e. The Balaban J connectivity index is 1.34. The fourth-order valence-electron chi connectivity index (χ4n) is 5.95. The van der Waals surface area contributed by atoms with Crippen molar-refractivity contribution in [2.24, 2.45) is 5.92 Å². The molecule has 1 N–H and O–H groups in total. The number of sulfonamides is 1. The van der Waals surface area contributed by atoms with Gasteiger partial charge in [0.15, 0.2) is 0 Å². The van der Waals surface area contributed by atoms with Crippen molar-refractivity contribution in [2.75, 3.05) is 30.9 Å². The number of carbonyl (C=O) groups is 1. The quantitative estimate of drug-likeness (QED) is 0.646. The van der Waals surface area contributed by atoms with Crippen LogP contribution < -0.4 is 10.3 Å². The number of nitrogens with one attached hydrogen (secondary N) is 1. The SMILES string of the molecule is CC(=O)N1CCC(N2CC3CC(C2)c2ccc(NS(=O)(=O)c4cccc(C(F)(F)F)c4)c(=O)n2C3)CC1. The summed E-state index contributed by atoms with van der Waals surface area (Å²) in [5.74, 6) is 0.451. The lowest BCUT2D eigenvalue weighted by Crippen LogP contribution is -2.53. The van der Waals surface area contributed by atoms with Crippen LogP contribution in [-0.2, 0) is 27.5 Å². The van der Waals surface area contributed by atoms with Gasteiger partial charge in [-0.25, -0.2) is 8.42 Å². The molecule has 2 bridgehead atoms. The third kappa shape index (κ3) is 5.13. The zero-order chi connectivity index (χ0) is 26.5. The highest BCUT2D eigenvalue weighted by molar-refractivity contribution is 7.92. The minimum Gasteiger partial charge on any atom is -0.343 e. The largest absolute Gasteiger partial charge is 0.416 e. The number of anilines is 1. The van der Waals surface area contributed by atoms with Crippen LogP contribution in [0.25, 0.3) is 0 Å². The second kappa shape index (κ2) is 9.46. The summed E-state index contributed by atoms with van der Waals surface area (Å²) in [4.78, 5) is 28.7. The normalized spacial score (nSPS) is 23.0. The van der Waals surface area contributed by atoms with Gasteiger partial charge in [0.2, 0.25) is 5.91 Å². The van der Waals surface area contributed by atoms with Gasteiger partial charge in [-0.1, -0.05) is 6.07 Å². The number of halogens is 3. The second-order valence-corrected chi connectivity index (χ2v) is 11.9. The molecular weight excluding hydrogens is 509 g/mol. The molecular formula is C25H29F3N4O4S. The van der Waals surface area contributed by atoms with Crippen molar-refractivity contribution < 1.29 is 26.4 Å². The van der Waals surface area contributed by atoms with Crippen LogP contribution in [0.1, 0.15) is 43.4 Å². The van der Waals surface area contributed by atoms with E-state index in [2.05, 4.69) is 9.62 Å². The number of fused-ring (bicyclic) bond motifs is 4. The molecule has 3 aliphatic heterocycles. The molecule has 12 heteroatoms. The van der Waals surface area contributed by atoms with E-state index in [1.807, 2.05) is 4.90 Å². The van der Waals surface area contributed by atoms with Crippen molar-refractivity contribution in [3.05, 3.63) is 58.0 Å². The molecule has 5 rings (SSSR count). The number of likely N-dealkylation sites (tertiary alicyclic amines) is 2. The van der Waals surface area contributed by atoms with Gasteiger partial charge >= 0.3 is 6.18 Å². The van der Waals surface area contributed by atoms with E-state index in [0.717, 1.165) is 69.3 Å². The van der Waals surface area contributed by atoms with Gasteiger partial charge in [0.1, 0.15) is 5.69 Å². The molecule has 2 fully saturated rings. The monoisotopic (exact) mass is 538 g/mol. The smallest absolute Gasteiger partial charge is 0.343 e. The maximum atomic E-state index is 13.3. The molecule has 2 unspecified atom stereocenters. The Kier molecular flexibility index (Phi) is 6.59. The average molecular weight is 539 g/mol. The van der Waals surface area contributed by atoms with E-state index in [4.69, 9.17) is 0 Å². The summed E-state index contributed by atoms with van der Waals surface area (Å²) >= 11 is 0. The van der Waals surface area contributed by atoms with Crippen LogP contribution in [0.2, 0.25) is 0 Å². The fourth-order valence-corrected chi connectivity index (χ4v) is 7.05. The van der Waals surface area contributed by atoms with Gasteiger partial charge in [-0.05, 0) is 55.5 Å². The number of aromatic nitrogens is 1. The first kappa shape index (κ1) is 25.8. The maximum absolute atomic E-state index is 13.3. The lowest BCUT2D eigenvalue weighted by atomic mass is 9.82. The highest BCUT2D eigenvalue weighted by Crippen LogP contribution is 2.37. The summed E-state index contributed by atoms with van der Waals surface area (Å²) < 4.78 is 68.6. The Hall–Kier alpha value is -2.86. The average Bonchev–Trinajstić information content (AvgIpc) is 2.85. The van der Waals surface area contributed by atoms with Gasteiger partial charge in [0.05, 0.1) is 10.5 Å². The van der Waals surface area contributed by atoms with Crippen molar-refractivity contribution in [2.45, 2.75) is 55.8 Å². The lowest BCUT2D eigenvalue weighted by molar-refractivity contribution is -0.137. The molecule has 3 aliphatic rings. The number of amides is 1. The van der Waals surface area contributed by atoms with E-state index >= 15 is 0 Å². The molecule has 1 aromatic carbocycles. The summed E-state index contributed by atoms with van der Waals surface area (Å²) in [6.07, 6.45) is -1.91. The predicted octanol–water partition coefficient (Wildman–Crippen LogP) is 3.10. The van der Waals surface area contributed by atoms with Crippen LogP contribution in [0.15, 0.2) is 46.1 Å². The third-order valence-electron chi connectivity index (χ3n) is 7.77. The molecule has 8 nitrogen and oxygen atoms in total. The number of benzene rings is 1. The second-order valence-electron chi connectivity index (χ2n) is 10.2. The lowest BCUT2D eigenvalue weighted by Gasteiger charge is -2.47. The number of hydrogen-bond acceptors (Lipinski definition) is 5. The van der Waals surface area contributed by atoms with Gasteiger partial charge in [-0.2, -0.15) is 13.2 Å². The molecule has 0 saturated carbocycles. The van der Waals surface area contributed by atoms with Crippen LogP contribution in [0.4, 0.5) is 18.9 Å². The first-order valence-electron chi connectivity index (χ1n) is 12.4. The highest BCUT2D eigenvalue weighted by Gasteiger charge is 2.38. The summed E-state index contributed by atoms with van der Waals surface area (Å²) in [6.45, 7) is 5.15. The Labute approximate surface area is 213 Å². The van der Waals surface area contributed by atoms with Crippen molar-refractivity contribution in [1.82, 2.24) is 14.4 Å². The predicted molar refractivity (Wildman–Crippen MR) is 131 cm³/mol. The molecule has 200 valence electrons. The van der Waals surface area contributed by atoms with E-state index in [1.165, 1.54) is 6.07 Å². The minimum atomic E-state index is -4.69. The molecule has 1 amide bonds. The van der Waals surface area contributed by atoms with Crippen LogP contribution in [0.5, 0.6) is 0 Å². The van der Waals surface area contributed by atoms with Gasteiger partial charge < -0.3 is 9.47 Å². The van der Waals surface area contributed by atoms with Crippen molar-refractivity contribution in [1.29, 1.82) is 0 Å². The van der Waals surface area contributed by atoms with Gasteiger partial charge in [-0.3, -0.25) is 19.2 Å². The standard InChI is InChI=1S/C25H29F3N4O4S/c1-16(33)30-9-7-20(8-10-30)31-13-17-11-18(15-31)23-6-5-22(24(34)32(23)14-17)29-37(35,36)21-4-2-3-19(12-21)25(26,27)28/h2-6,12,17-18,20,29H,7-11,13-15H2,1H3. The van der Waals surface area contributed by atoms with Gasteiger partial charge in [0, 0.05) is 57.3 Å². The Bertz CT molecular complexity index is 1370. The number of piperidine rings is 2. The molecule has 0 aliphatic carbocycles. The molecule has 37 heavy (non-hydrogen) atoms. The third-order valence-corrected chi connectivity index (χ3v) is 9.14. The topological polar surface area (TPSA) is 91.7 Å². The zero-order valence-electron chi connectivity index (χ0n) is 20.4. The zero-order valence-corrected chi connectivity index (χ0v) is 21.2. The first-order valence-corrected chi connectivity index (χ1v) is 13.8. The van der Waals surface area contributed by atoms with E-state index in [1.54, 1.807) is 17.6 Å². The molecule has 0 spiro atoms. The van der Waals surface area contributed by atoms with Crippen LogP contribution in [0.3, 0.4) is 0 Å². The first-order chi connectivity index (χ1) is 17.4. The molecule has 0 radical (unpaired) electrons. The van der Waals surface area contributed by atoms with Gasteiger partial charge in [-0.15, -0.1) is 0 Å². The van der Waals surface area contributed by atoms with E-state index in [9.17, 15) is 31.2 Å². The summed E-state index contributed by atoms with van der Waals surface area (Å²) in [5.41, 5.74) is -0.920. The summed E-state index contributed by atoms with van der Waals surface area (Å²) in [6, 6.07) is 6.97. The molecule has 2 aromatic rings. The van der Waals surface area contributed by atoms with Crippen molar-refractivity contribution in [3.63, 3.8) is 0 Å². The number of rotatable bonds is 4. The number of carbonyl (C=O) groups excluding carboxylic acids is 1. The molecule has 1 aromatic heterocycles. The van der Waals surface area contributed by atoms with Crippen molar-refractivity contribution in [3.8, 4) is 0 Å². The van der Waals surface area contributed by atoms with E-state index in [-0.39, 0.29) is 23.4 Å². The number of pyridine rings is 1. The summed E-state index contributed by atoms with van der Waals surface area (Å²) in [5, 5.41) is 0. The number of hydrogen-bond donors (Lipinski definition) is 1. The highest BCUT2D eigenvalue weighted by atomic mass is 32.2. The molecule has 4 heterocycles.